The lowest BCUT2D eigenvalue weighted by Crippen LogP contribution is -2.12. The summed E-state index contributed by atoms with van der Waals surface area (Å²) in [6, 6.07) is 10.0. The van der Waals surface area contributed by atoms with Crippen molar-refractivity contribution in [1.82, 2.24) is 20.3 Å². The fraction of sp³-hybridized carbons (Fsp3) is 0.188. The third-order valence-corrected chi connectivity index (χ3v) is 3.05. The van der Waals surface area contributed by atoms with Crippen LogP contribution in [0.2, 0.25) is 0 Å². The van der Waals surface area contributed by atoms with Crippen molar-refractivity contribution in [2.75, 3.05) is 6.54 Å². The summed E-state index contributed by atoms with van der Waals surface area (Å²) in [6.07, 6.45) is 5.30. The van der Waals surface area contributed by atoms with Gasteiger partial charge in [0.05, 0.1) is 5.52 Å². The Balaban J connectivity index is 1.75. The maximum Gasteiger partial charge on any atom is 0.321 e. The lowest BCUT2D eigenvalue weighted by atomic mass is 10.2. The zero-order valence-electron chi connectivity index (χ0n) is 11.8. The Morgan fingerprint density at radius 1 is 1.10 bits per heavy atom. The van der Waals surface area contributed by atoms with Gasteiger partial charge in [0.25, 0.3) is 0 Å². The predicted octanol–water partition coefficient (Wildman–Crippen LogP) is 2.93. The van der Waals surface area contributed by atoms with Crippen LogP contribution in [0.1, 0.15) is 12.5 Å². The van der Waals surface area contributed by atoms with Gasteiger partial charge in [-0.05, 0) is 24.7 Å². The molecule has 3 aromatic rings. The molecule has 0 aliphatic rings. The normalized spacial score (nSPS) is 10.7. The lowest BCUT2D eigenvalue weighted by molar-refractivity contribution is 0.441. The number of aromatic nitrogens is 3. The number of nitrogens with zero attached hydrogens (tertiary/aromatic N) is 3. The van der Waals surface area contributed by atoms with Crippen molar-refractivity contribution in [3.63, 3.8) is 0 Å². The number of benzene rings is 1. The summed E-state index contributed by atoms with van der Waals surface area (Å²) in [6.45, 7) is 3.74. The SMILES string of the molecule is CCNCc1cnc(Oc2ccc3cccnc3c2)nc1. The average Bonchev–Trinajstić information content (AvgIpc) is 2.54. The number of hydrogen-bond acceptors (Lipinski definition) is 5. The molecule has 0 atom stereocenters. The standard InChI is InChI=1S/C16H16N4O/c1-2-17-9-12-10-19-16(20-11-12)21-14-6-5-13-4-3-7-18-15(13)8-14/h3-8,10-11,17H,2,9H2,1H3. The second-order valence-corrected chi connectivity index (χ2v) is 4.61. The van der Waals surface area contributed by atoms with E-state index in [4.69, 9.17) is 4.74 Å². The van der Waals surface area contributed by atoms with Gasteiger partial charge in [0.1, 0.15) is 5.75 Å². The molecular formula is C16H16N4O. The third kappa shape index (κ3) is 3.32. The minimum Gasteiger partial charge on any atom is -0.424 e. The van der Waals surface area contributed by atoms with Crippen molar-refractivity contribution in [3.8, 4) is 11.8 Å². The second-order valence-electron chi connectivity index (χ2n) is 4.61. The van der Waals surface area contributed by atoms with Crippen molar-refractivity contribution < 1.29 is 4.74 Å². The van der Waals surface area contributed by atoms with E-state index in [1.54, 1.807) is 18.6 Å². The quantitative estimate of drug-likeness (QED) is 0.778. The van der Waals surface area contributed by atoms with E-state index in [9.17, 15) is 0 Å². The van der Waals surface area contributed by atoms with E-state index in [0.717, 1.165) is 29.6 Å². The molecule has 1 N–H and O–H groups in total. The first-order chi connectivity index (χ1) is 10.3. The Morgan fingerprint density at radius 3 is 2.76 bits per heavy atom. The molecule has 21 heavy (non-hydrogen) atoms. The first-order valence-electron chi connectivity index (χ1n) is 6.89. The summed E-state index contributed by atoms with van der Waals surface area (Å²) >= 11 is 0. The van der Waals surface area contributed by atoms with E-state index < -0.39 is 0 Å². The molecule has 0 spiro atoms. The molecule has 0 unspecified atom stereocenters. The molecular weight excluding hydrogens is 264 g/mol. The van der Waals surface area contributed by atoms with Gasteiger partial charge in [-0.2, -0.15) is 0 Å². The summed E-state index contributed by atoms with van der Waals surface area (Å²) in [5.74, 6) is 0.681. The molecule has 2 aromatic heterocycles. The van der Waals surface area contributed by atoms with Crippen LogP contribution in [0, 0.1) is 0 Å². The maximum absolute atomic E-state index is 5.66. The predicted molar refractivity (Wildman–Crippen MR) is 81.2 cm³/mol. The van der Waals surface area contributed by atoms with Crippen LogP contribution in [-0.2, 0) is 6.54 Å². The number of nitrogens with one attached hydrogen (secondary N) is 1. The zero-order valence-corrected chi connectivity index (χ0v) is 11.8. The second kappa shape index (κ2) is 6.28. The Bertz CT molecular complexity index is 728. The largest absolute Gasteiger partial charge is 0.424 e. The number of ether oxygens (including phenoxy) is 1. The highest BCUT2D eigenvalue weighted by Gasteiger charge is 2.03. The molecule has 5 heteroatoms. The van der Waals surface area contributed by atoms with Crippen LogP contribution in [0.25, 0.3) is 10.9 Å². The molecule has 1 aromatic carbocycles. The Hall–Kier alpha value is -2.53. The van der Waals surface area contributed by atoms with Crippen LogP contribution in [-0.4, -0.2) is 21.5 Å². The van der Waals surface area contributed by atoms with Crippen molar-refractivity contribution in [3.05, 3.63) is 54.5 Å². The summed E-state index contributed by atoms with van der Waals surface area (Å²) in [4.78, 5) is 12.7. The van der Waals surface area contributed by atoms with Crippen LogP contribution in [0.15, 0.2) is 48.9 Å². The zero-order chi connectivity index (χ0) is 14.5. The third-order valence-electron chi connectivity index (χ3n) is 3.05. The van der Waals surface area contributed by atoms with Gasteiger partial charge in [0, 0.05) is 42.2 Å². The maximum atomic E-state index is 5.66. The highest BCUT2D eigenvalue weighted by molar-refractivity contribution is 5.79. The van der Waals surface area contributed by atoms with E-state index >= 15 is 0 Å². The molecule has 3 rings (SSSR count). The molecule has 0 bridgehead atoms. The van der Waals surface area contributed by atoms with Gasteiger partial charge in [0.2, 0.25) is 0 Å². The molecule has 0 amide bonds. The van der Waals surface area contributed by atoms with Gasteiger partial charge in [-0.3, -0.25) is 4.98 Å². The molecule has 0 fully saturated rings. The molecule has 2 heterocycles. The van der Waals surface area contributed by atoms with Crippen LogP contribution < -0.4 is 10.1 Å². The number of fused-ring (bicyclic) bond motifs is 1. The Labute approximate surface area is 123 Å². The molecule has 5 nitrogen and oxygen atoms in total. The monoisotopic (exact) mass is 280 g/mol. The van der Waals surface area contributed by atoms with Gasteiger partial charge in [-0.15, -0.1) is 0 Å². The van der Waals surface area contributed by atoms with Crippen LogP contribution >= 0.6 is 0 Å². The molecule has 0 aliphatic heterocycles. The van der Waals surface area contributed by atoms with E-state index in [2.05, 4.69) is 27.2 Å². The molecule has 0 radical (unpaired) electrons. The summed E-state index contributed by atoms with van der Waals surface area (Å²) in [5, 5.41) is 4.30. The van der Waals surface area contributed by atoms with Gasteiger partial charge >= 0.3 is 6.01 Å². The average molecular weight is 280 g/mol. The highest BCUT2D eigenvalue weighted by Crippen LogP contribution is 2.22. The van der Waals surface area contributed by atoms with Crippen molar-refractivity contribution in [2.24, 2.45) is 0 Å². The van der Waals surface area contributed by atoms with Gasteiger partial charge in [-0.1, -0.05) is 13.0 Å². The first-order valence-corrected chi connectivity index (χ1v) is 6.89. The van der Waals surface area contributed by atoms with E-state index in [1.807, 2.05) is 30.3 Å². The van der Waals surface area contributed by atoms with Crippen LogP contribution in [0.4, 0.5) is 0 Å². The van der Waals surface area contributed by atoms with Crippen LogP contribution in [0.3, 0.4) is 0 Å². The topological polar surface area (TPSA) is 59.9 Å². The molecule has 0 saturated carbocycles. The smallest absolute Gasteiger partial charge is 0.321 e. The summed E-state index contributed by atoms with van der Waals surface area (Å²) < 4.78 is 5.66. The van der Waals surface area contributed by atoms with E-state index in [1.165, 1.54) is 0 Å². The number of pyridine rings is 1. The molecule has 106 valence electrons. The minimum absolute atomic E-state index is 0.338. The van der Waals surface area contributed by atoms with Crippen molar-refractivity contribution in [1.29, 1.82) is 0 Å². The lowest BCUT2D eigenvalue weighted by Gasteiger charge is -2.06. The number of hydrogen-bond donors (Lipinski definition) is 1. The fourth-order valence-electron chi connectivity index (χ4n) is 1.97. The van der Waals surface area contributed by atoms with Gasteiger partial charge in [-0.25, -0.2) is 9.97 Å². The minimum atomic E-state index is 0.338. The Morgan fingerprint density at radius 2 is 1.95 bits per heavy atom. The first kappa shape index (κ1) is 13.5. The molecule has 0 aliphatic carbocycles. The summed E-state index contributed by atoms with van der Waals surface area (Å²) in [7, 11) is 0. The highest BCUT2D eigenvalue weighted by atomic mass is 16.5. The van der Waals surface area contributed by atoms with Crippen molar-refractivity contribution in [2.45, 2.75) is 13.5 Å². The molecule has 0 saturated heterocycles. The summed E-state index contributed by atoms with van der Waals surface area (Å²) in [5.41, 5.74) is 1.92. The van der Waals surface area contributed by atoms with E-state index in [0.29, 0.717) is 11.8 Å². The number of rotatable bonds is 5. The van der Waals surface area contributed by atoms with Crippen LogP contribution in [0.5, 0.6) is 11.8 Å². The Kier molecular flexibility index (Phi) is 4.02. The fourth-order valence-corrected chi connectivity index (χ4v) is 1.97. The van der Waals surface area contributed by atoms with Gasteiger partial charge < -0.3 is 10.1 Å². The van der Waals surface area contributed by atoms with Gasteiger partial charge in [0.15, 0.2) is 0 Å². The van der Waals surface area contributed by atoms with E-state index in [-0.39, 0.29) is 0 Å². The van der Waals surface area contributed by atoms with Crippen molar-refractivity contribution >= 4 is 10.9 Å².